The second kappa shape index (κ2) is 7.86. The third kappa shape index (κ3) is 4.30. The molecule has 0 amide bonds. The minimum absolute atomic E-state index is 0.259. The Morgan fingerprint density at radius 1 is 0.846 bits per heavy atom. The number of hydrogen-bond acceptors (Lipinski definition) is 4. The molecule has 0 spiro atoms. The lowest BCUT2D eigenvalue weighted by Gasteiger charge is -2.11. The maximum absolute atomic E-state index is 13.8. The van der Waals surface area contributed by atoms with Crippen LogP contribution in [-0.2, 0) is 6.42 Å². The van der Waals surface area contributed by atoms with Crippen molar-refractivity contribution in [2.45, 2.75) is 13.3 Å². The van der Waals surface area contributed by atoms with Crippen molar-refractivity contribution >= 4 is 17.3 Å². The Morgan fingerprint density at radius 2 is 1.50 bits per heavy atom. The SMILES string of the molecule is Cc1nc(NCCc2ccccc2F)cc(Nc2c(F)cccc2F)n1. The number of benzene rings is 2. The van der Waals surface area contributed by atoms with E-state index < -0.39 is 11.6 Å². The first kappa shape index (κ1) is 17.7. The molecule has 3 rings (SSSR count). The summed E-state index contributed by atoms with van der Waals surface area (Å²) in [5.41, 5.74) is 0.320. The van der Waals surface area contributed by atoms with Crippen LogP contribution >= 0.6 is 0 Å². The van der Waals surface area contributed by atoms with E-state index in [1.54, 1.807) is 31.2 Å². The Bertz CT molecular complexity index is 895. The lowest BCUT2D eigenvalue weighted by molar-refractivity contribution is 0.590. The van der Waals surface area contributed by atoms with Crippen molar-refractivity contribution in [3.63, 3.8) is 0 Å². The molecular weight excluding hydrogens is 341 g/mol. The third-order valence-corrected chi connectivity index (χ3v) is 3.71. The van der Waals surface area contributed by atoms with Gasteiger partial charge >= 0.3 is 0 Å². The normalized spacial score (nSPS) is 10.6. The van der Waals surface area contributed by atoms with Crippen LogP contribution in [-0.4, -0.2) is 16.5 Å². The average Bonchev–Trinajstić information content (AvgIpc) is 2.60. The zero-order chi connectivity index (χ0) is 18.5. The molecule has 0 bridgehead atoms. The van der Waals surface area contributed by atoms with Gasteiger partial charge < -0.3 is 10.6 Å². The maximum Gasteiger partial charge on any atom is 0.149 e. The Morgan fingerprint density at radius 3 is 2.23 bits per heavy atom. The smallest absolute Gasteiger partial charge is 0.149 e. The predicted octanol–water partition coefficient (Wildman–Crippen LogP) is 4.60. The molecule has 0 fully saturated rings. The first-order valence-electron chi connectivity index (χ1n) is 8.07. The van der Waals surface area contributed by atoms with Gasteiger partial charge in [-0.15, -0.1) is 0 Å². The molecule has 0 aliphatic rings. The maximum atomic E-state index is 13.8. The highest BCUT2D eigenvalue weighted by Crippen LogP contribution is 2.23. The van der Waals surface area contributed by atoms with E-state index in [4.69, 9.17) is 0 Å². The summed E-state index contributed by atoms with van der Waals surface area (Å²) in [4.78, 5) is 8.37. The molecule has 26 heavy (non-hydrogen) atoms. The van der Waals surface area contributed by atoms with Gasteiger partial charge in [0.2, 0.25) is 0 Å². The van der Waals surface area contributed by atoms with E-state index in [0.29, 0.717) is 30.2 Å². The van der Waals surface area contributed by atoms with Gasteiger partial charge in [0.1, 0.15) is 40.6 Å². The fourth-order valence-electron chi connectivity index (χ4n) is 2.49. The largest absolute Gasteiger partial charge is 0.370 e. The summed E-state index contributed by atoms with van der Waals surface area (Å²) in [5.74, 6) is -0.515. The fraction of sp³-hybridized carbons (Fsp3) is 0.158. The highest BCUT2D eigenvalue weighted by Gasteiger charge is 2.10. The summed E-state index contributed by atoms with van der Waals surface area (Å²) < 4.78 is 41.2. The van der Waals surface area contributed by atoms with Crippen LogP contribution in [0.1, 0.15) is 11.4 Å². The van der Waals surface area contributed by atoms with Crippen LogP contribution in [0, 0.1) is 24.4 Å². The number of aryl methyl sites for hydroxylation is 1. The van der Waals surface area contributed by atoms with Crippen molar-refractivity contribution in [2.75, 3.05) is 17.2 Å². The molecule has 2 aromatic carbocycles. The van der Waals surface area contributed by atoms with Crippen LogP contribution in [0.2, 0.25) is 0 Å². The Hall–Kier alpha value is -3.09. The minimum atomic E-state index is -0.713. The van der Waals surface area contributed by atoms with Crippen molar-refractivity contribution in [1.29, 1.82) is 0 Å². The molecule has 1 heterocycles. The van der Waals surface area contributed by atoms with Crippen LogP contribution in [0.25, 0.3) is 0 Å². The number of hydrogen-bond donors (Lipinski definition) is 2. The van der Waals surface area contributed by atoms with Crippen LogP contribution in [0.3, 0.4) is 0 Å². The number of nitrogens with zero attached hydrogens (tertiary/aromatic N) is 2. The lowest BCUT2D eigenvalue weighted by Crippen LogP contribution is -2.09. The van der Waals surface area contributed by atoms with Gasteiger partial charge in [-0.25, -0.2) is 23.1 Å². The summed E-state index contributed by atoms with van der Waals surface area (Å²) >= 11 is 0. The summed E-state index contributed by atoms with van der Waals surface area (Å²) in [6.45, 7) is 2.12. The summed E-state index contributed by atoms with van der Waals surface area (Å²) in [5, 5.41) is 5.71. The van der Waals surface area contributed by atoms with E-state index >= 15 is 0 Å². The minimum Gasteiger partial charge on any atom is -0.370 e. The van der Waals surface area contributed by atoms with Crippen molar-refractivity contribution in [3.05, 3.63) is 77.4 Å². The number of anilines is 3. The first-order chi connectivity index (χ1) is 12.5. The monoisotopic (exact) mass is 358 g/mol. The highest BCUT2D eigenvalue weighted by atomic mass is 19.1. The number of aromatic nitrogens is 2. The summed E-state index contributed by atoms with van der Waals surface area (Å²) in [6, 6.07) is 11.7. The molecule has 3 aromatic rings. The lowest BCUT2D eigenvalue weighted by atomic mass is 10.1. The second-order valence-corrected chi connectivity index (χ2v) is 5.68. The van der Waals surface area contributed by atoms with Gasteiger partial charge in [0.15, 0.2) is 0 Å². The molecule has 0 atom stereocenters. The van der Waals surface area contributed by atoms with Gasteiger partial charge in [-0.2, -0.15) is 0 Å². The fourth-order valence-corrected chi connectivity index (χ4v) is 2.49. The Labute approximate surface area is 149 Å². The summed E-state index contributed by atoms with van der Waals surface area (Å²) in [7, 11) is 0. The van der Waals surface area contributed by atoms with Crippen LogP contribution in [0.4, 0.5) is 30.5 Å². The summed E-state index contributed by atoms with van der Waals surface area (Å²) in [6.07, 6.45) is 0.473. The molecule has 134 valence electrons. The van der Waals surface area contributed by atoms with Gasteiger partial charge in [-0.3, -0.25) is 0 Å². The van der Waals surface area contributed by atoms with Crippen molar-refractivity contribution in [2.24, 2.45) is 0 Å². The number of rotatable bonds is 6. The second-order valence-electron chi connectivity index (χ2n) is 5.68. The van der Waals surface area contributed by atoms with Crippen LogP contribution < -0.4 is 10.6 Å². The molecule has 0 aliphatic carbocycles. The zero-order valence-corrected chi connectivity index (χ0v) is 14.1. The highest BCUT2D eigenvalue weighted by molar-refractivity contribution is 5.60. The number of nitrogens with one attached hydrogen (secondary N) is 2. The predicted molar refractivity (Wildman–Crippen MR) is 95.0 cm³/mol. The van der Waals surface area contributed by atoms with E-state index in [1.165, 1.54) is 12.1 Å². The van der Waals surface area contributed by atoms with Gasteiger partial charge in [0.05, 0.1) is 0 Å². The number of halogens is 3. The molecule has 1 aromatic heterocycles. The molecule has 0 saturated heterocycles. The number of para-hydroxylation sites is 1. The van der Waals surface area contributed by atoms with E-state index in [2.05, 4.69) is 20.6 Å². The van der Waals surface area contributed by atoms with E-state index in [0.717, 1.165) is 12.1 Å². The molecule has 0 saturated carbocycles. The van der Waals surface area contributed by atoms with Gasteiger partial charge in [0.25, 0.3) is 0 Å². The first-order valence-corrected chi connectivity index (χ1v) is 8.07. The van der Waals surface area contributed by atoms with Gasteiger partial charge in [0, 0.05) is 12.6 Å². The molecule has 0 unspecified atom stereocenters. The molecule has 0 radical (unpaired) electrons. The van der Waals surface area contributed by atoms with Crippen molar-refractivity contribution in [1.82, 2.24) is 9.97 Å². The third-order valence-electron chi connectivity index (χ3n) is 3.71. The topological polar surface area (TPSA) is 49.8 Å². The Kier molecular flexibility index (Phi) is 5.36. The van der Waals surface area contributed by atoms with Crippen LogP contribution in [0.5, 0.6) is 0 Å². The Balaban J connectivity index is 1.71. The van der Waals surface area contributed by atoms with E-state index in [-0.39, 0.29) is 17.3 Å². The van der Waals surface area contributed by atoms with Crippen molar-refractivity contribution in [3.8, 4) is 0 Å². The molecule has 2 N–H and O–H groups in total. The van der Waals surface area contributed by atoms with E-state index in [9.17, 15) is 13.2 Å². The average molecular weight is 358 g/mol. The van der Waals surface area contributed by atoms with E-state index in [1.807, 2.05) is 0 Å². The van der Waals surface area contributed by atoms with Gasteiger partial charge in [-0.05, 0) is 37.1 Å². The zero-order valence-electron chi connectivity index (χ0n) is 14.1. The quantitative estimate of drug-likeness (QED) is 0.676. The molecular formula is C19H17F3N4. The molecule has 0 aliphatic heterocycles. The molecule has 7 heteroatoms. The van der Waals surface area contributed by atoms with Gasteiger partial charge in [-0.1, -0.05) is 24.3 Å². The van der Waals surface area contributed by atoms with Crippen molar-refractivity contribution < 1.29 is 13.2 Å². The molecule has 4 nitrogen and oxygen atoms in total. The van der Waals surface area contributed by atoms with Crippen LogP contribution in [0.15, 0.2) is 48.5 Å². The standard InChI is InChI=1S/C19H17F3N4/c1-12-24-17(23-10-9-13-5-2-3-6-14(13)20)11-18(25-12)26-19-15(21)7-4-8-16(19)22/h2-8,11H,9-10H2,1H3,(H2,23,24,25,26).